The summed E-state index contributed by atoms with van der Waals surface area (Å²) < 4.78 is 0. The van der Waals surface area contributed by atoms with Gasteiger partial charge in [0.2, 0.25) is 0 Å². The third-order valence-electron chi connectivity index (χ3n) is 2.26. The van der Waals surface area contributed by atoms with Gasteiger partial charge in [0.1, 0.15) is 0 Å². The third kappa shape index (κ3) is 4.25. The van der Waals surface area contributed by atoms with E-state index in [4.69, 9.17) is 15.0 Å². The number of aliphatic hydroxyl groups is 1. The first kappa shape index (κ1) is 13.2. The van der Waals surface area contributed by atoms with Crippen molar-refractivity contribution in [2.45, 2.75) is 13.3 Å². The Balaban J connectivity index is 0.000000317. The smallest absolute Gasteiger partial charge is 0.300 e. The standard InChI is InChI=1S/C12H12O.C2H4O2/c13-9-8-11-7-6-10-4-2-1-3-5-12(10)11;1-2(3)4/h1-7,13H,8-9H2;1H3,(H,3,4). The number of hydrogen-bond acceptors (Lipinski definition) is 2. The monoisotopic (exact) mass is 232 g/mol. The minimum absolute atomic E-state index is 0.220. The number of aliphatic hydroxyl groups excluding tert-OH is 1. The van der Waals surface area contributed by atoms with Crippen LogP contribution in [-0.2, 0) is 11.2 Å². The molecule has 0 aromatic heterocycles. The van der Waals surface area contributed by atoms with E-state index in [-0.39, 0.29) is 6.61 Å². The van der Waals surface area contributed by atoms with Crippen molar-refractivity contribution < 1.29 is 15.0 Å². The van der Waals surface area contributed by atoms with Gasteiger partial charge >= 0.3 is 0 Å². The Morgan fingerprint density at radius 2 is 1.76 bits per heavy atom. The van der Waals surface area contributed by atoms with E-state index in [1.807, 2.05) is 18.2 Å². The molecule has 90 valence electrons. The van der Waals surface area contributed by atoms with Crippen LogP contribution in [-0.4, -0.2) is 22.8 Å². The summed E-state index contributed by atoms with van der Waals surface area (Å²) in [6, 6.07) is 14.5. The SMILES string of the molecule is CC(=O)O.OCCc1ccc2cccccc1-2. The highest BCUT2D eigenvalue weighted by Gasteiger charge is 2.05. The predicted molar refractivity (Wildman–Crippen MR) is 67.2 cm³/mol. The molecule has 0 heterocycles. The van der Waals surface area contributed by atoms with Crippen LogP contribution >= 0.6 is 0 Å². The molecule has 0 fully saturated rings. The first-order valence-electron chi connectivity index (χ1n) is 5.42. The van der Waals surface area contributed by atoms with Gasteiger partial charge < -0.3 is 10.2 Å². The molecule has 0 radical (unpaired) electrons. The molecule has 0 unspecified atom stereocenters. The second kappa shape index (κ2) is 6.66. The molecule has 0 aromatic rings. The summed E-state index contributed by atoms with van der Waals surface area (Å²) in [6.07, 6.45) is 0.744. The lowest BCUT2D eigenvalue weighted by Crippen LogP contribution is -1.88. The molecule has 0 aromatic carbocycles. The van der Waals surface area contributed by atoms with Crippen LogP contribution in [0.2, 0.25) is 0 Å². The number of carbonyl (C=O) groups is 1. The number of aliphatic carboxylic acids is 1. The second-order valence-corrected chi connectivity index (χ2v) is 3.63. The largest absolute Gasteiger partial charge is 0.481 e. The van der Waals surface area contributed by atoms with Crippen molar-refractivity contribution in [1.82, 2.24) is 0 Å². The highest BCUT2D eigenvalue weighted by Crippen LogP contribution is 2.26. The Labute approximate surface area is 101 Å². The molecular weight excluding hydrogens is 216 g/mol. The molecule has 2 rings (SSSR count). The zero-order valence-corrected chi connectivity index (χ0v) is 9.76. The minimum Gasteiger partial charge on any atom is -0.481 e. The maximum atomic E-state index is 9.00. The lowest BCUT2D eigenvalue weighted by atomic mass is 10.1. The molecule has 3 nitrogen and oxygen atoms in total. The summed E-state index contributed by atoms with van der Waals surface area (Å²) >= 11 is 0. The van der Waals surface area contributed by atoms with Crippen LogP contribution in [0, 0.1) is 0 Å². The van der Waals surface area contributed by atoms with Gasteiger partial charge in [0, 0.05) is 13.5 Å². The summed E-state index contributed by atoms with van der Waals surface area (Å²) in [5, 5.41) is 16.3. The quantitative estimate of drug-likeness (QED) is 0.836. The van der Waals surface area contributed by atoms with Gasteiger partial charge in [-0.2, -0.15) is 0 Å². The molecule has 0 saturated carbocycles. The zero-order chi connectivity index (χ0) is 12.7. The van der Waals surface area contributed by atoms with Crippen LogP contribution in [0.15, 0.2) is 42.5 Å². The van der Waals surface area contributed by atoms with E-state index in [9.17, 15) is 0 Å². The number of carboxylic acids is 1. The van der Waals surface area contributed by atoms with Crippen molar-refractivity contribution in [3.63, 3.8) is 0 Å². The Morgan fingerprint density at radius 1 is 1.12 bits per heavy atom. The maximum Gasteiger partial charge on any atom is 0.300 e. The van der Waals surface area contributed by atoms with E-state index in [2.05, 4.69) is 24.3 Å². The number of fused-ring (bicyclic) bond motifs is 1. The Hall–Kier alpha value is -1.87. The fourth-order valence-electron chi connectivity index (χ4n) is 1.62. The minimum atomic E-state index is -0.833. The van der Waals surface area contributed by atoms with Gasteiger partial charge in [0.25, 0.3) is 5.97 Å². The van der Waals surface area contributed by atoms with Crippen LogP contribution in [0.25, 0.3) is 11.1 Å². The normalized spacial score (nSPS) is 9.53. The molecule has 2 aliphatic carbocycles. The molecule has 2 aliphatic rings. The van der Waals surface area contributed by atoms with Crippen LogP contribution in [0.5, 0.6) is 0 Å². The van der Waals surface area contributed by atoms with Crippen LogP contribution in [0.1, 0.15) is 12.5 Å². The van der Waals surface area contributed by atoms with Crippen molar-refractivity contribution in [2.24, 2.45) is 0 Å². The molecule has 17 heavy (non-hydrogen) atoms. The molecule has 0 atom stereocenters. The average molecular weight is 232 g/mol. The lowest BCUT2D eigenvalue weighted by molar-refractivity contribution is -0.134. The molecule has 0 aliphatic heterocycles. The van der Waals surface area contributed by atoms with Crippen LogP contribution in [0.3, 0.4) is 0 Å². The van der Waals surface area contributed by atoms with Gasteiger partial charge in [-0.15, -0.1) is 0 Å². The molecule has 2 N–H and O–H groups in total. The second-order valence-electron chi connectivity index (χ2n) is 3.63. The fourth-order valence-corrected chi connectivity index (χ4v) is 1.62. The molecule has 0 amide bonds. The van der Waals surface area contributed by atoms with Crippen molar-refractivity contribution in [3.05, 3.63) is 48.0 Å². The summed E-state index contributed by atoms with van der Waals surface area (Å²) in [5.41, 5.74) is 3.72. The molecule has 3 heteroatoms. The highest BCUT2D eigenvalue weighted by molar-refractivity contribution is 5.70. The number of carboxylic acid groups (broad SMARTS) is 1. The zero-order valence-electron chi connectivity index (χ0n) is 9.76. The topological polar surface area (TPSA) is 57.5 Å². The first-order chi connectivity index (χ1) is 8.15. The van der Waals surface area contributed by atoms with Crippen molar-refractivity contribution >= 4 is 5.97 Å². The summed E-state index contributed by atoms with van der Waals surface area (Å²) in [5.74, 6) is -0.833. The summed E-state index contributed by atoms with van der Waals surface area (Å²) in [6.45, 7) is 1.30. The van der Waals surface area contributed by atoms with Gasteiger partial charge in [-0.3, -0.25) is 4.79 Å². The van der Waals surface area contributed by atoms with Crippen molar-refractivity contribution in [3.8, 4) is 11.1 Å². The van der Waals surface area contributed by atoms with E-state index < -0.39 is 5.97 Å². The summed E-state index contributed by atoms with van der Waals surface area (Å²) in [7, 11) is 0. The van der Waals surface area contributed by atoms with Gasteiger partial charge in [0.05, 0.1) is 0 Å². The van der Waals surface area contributed by atoms with Crippen molar-refractivity contribution in [1.29, 1.82) is 0 Å². The molecule has 0 spiro atoms. The Kier molecular flexibility index (Phi) is 5.17. The van der Waals surface area contributed by atoms with E-state index in [1.54, 1.807) is 0 Å². The maximum absolute atomic E-state index is 9.00. The Morgan fingerprint density at radius 3 is 2.41 bits per heavy atom. The average Bonchev–Trinajstić information content (AvgIpc) is 2.49. The van der Waals surface area contributed by atoms with E-state index in [0.717, 1.165) is 13.3 Å². The molecule has 0 bridgehead atoms. The number of rotatable bonds is 2. The molecular formula is C14H16O3. The van der Waals surface area contributed by atoms with Crippen LogP contribution < -0.4 is 0 Å². The lowest BCUT2D eigenvalue weighted by Gasteiger charge is -1.97. The Bertz CT molecular complexity index is 447. The van der Waals surface area contributed by atoms with E-state index >= 15 is 0 Å². The fraction of sp³-hybridized carbons (Fsp3) is 0.214. The van der Waals surface area contributed by atoms with Crippen LogP contribution in [0.4, 0.5) is 0 Å². The summed E-state index contributed by atoms with van der Waals surface area (Å²) in [4.78, 5) is 9.00. The van der Waals surface area contributed by atoms with E-state index in [1.165, 1.54) is 16.7 Å². The molecule has 0 saturated heterocycles. The van der Waals surface area contributed by atoms with Crippen molar-refractivity contribution in [2.75, 3.05) is 6.61 Å². The highest BCUT2D eigenvalue weighted by atomic mass is 16.4. The number of hydrogen-bond donors (Lipinski definition) is 2. The van der Waals surface area contributed by atoms with Gasteiger partial charge in [-0.05, 0) is 23.1 Å². The first-order valence-corrected chi connectivity index (χ1v) is 5.42. The van der Waals surface area contributed by atoms with Gasteiger partial charge in [0.15, 0.2) is 0 Å². The predicted octanol–water partition coefficient (Wildman–Crippen LogP) is 2.42. The van der Waals surface area contributed by atoms with E-state index in [0.29, 0.717) is 0 Å². The van der Waals surface area contributed by atoms with Gasteiger partial charge in [-0.1, -0.05) is 42.5 Å². The third-order valence-corrected chi connectivity index (χ3v) is 2.26. The van der Waals surface area contributed by atoms with Gasteiger partial charge in [-0.25, -0.2) is 0 Å².